The highest BCUT2D eigenvalue weighted by Crippen LogP contribution is 2.30. The predicted octanol–water partition coefficient (Wildman–Crippen LogP) is 4.47. The van der Waals surface area contributed by atoms with Crippen LogP contribution in [0.3, 0.4) is 0 Å². The molecule has 2 aromatic rings. The second kappa shape index (κ2) is 6.17. The van der Waals surface area contributed by atoms with Crippen molar-refractivity contribution in [3.63, 3.8) is 0 Å². The Morgan fingerprint density at radius 3 is 2.76 bits per heavy atom. The van der Waals surface area contributed by atoms with Crippen molar-refractivity contribution < 1.29 is 4.39 Å². The average Bonchev–Trinajstić information content (AvgIpc) is 2.93. The third-order valence-corrected chi connectivity index (χ3v) is 4.63. The summed E-state index contributed by atoms with van der Waals surface area (Å²) < 4.78 is 14.1. The zero-order chi connectivity index (χ0) is 14.8. The molecule has 0 bridgehead atoms. The molecule has 1 unspecified atom stereocenters. The topological polar surface area (TPSA) is 12.0 Å². The van der Waals surface area contributed by atoms with Crippen molar-refractivity contribution in [2.75, 3.05) is 7.05 Å². The summed E-state index contributed by atoms with van der Waals surface area (Å²) in [4.78, 5) is 0. The SMILES string of the molecule is CNC(Cc1ccc2c(c1)CCC2)c1c(F)cccc1Cl. The fourth-order valence-corrected chi connectivity index (χ4v) is 3.47. The Balaban J connectivity index is 1.88. The monoisotopic (exact) mass is 303 g/mol. The molecule has 0 saturated heterocycles. The molecule has 3 heteroatoms. The van der Waals surface area contributed by atoms with E-state index in [2.05, 4.69) is 23.5 Å². The van der Waals surface area contributed by atoms with Crippen LogP contribution in [0.15, 0.2) is 36.4 Å². The van der Waals surface area contributed by atoms with Gasteiger partial charge in [0.1, 0.15) is 5.82 Å². The molecule has 1 N–H and O–H groups in total. The Morgan fingerprint density at radius 1 is 1.19 bits per heavy atom. The second-order valence-corrected chi connectivity index (χ2v) is 6.04. The molecular weight excluding hydrogens is 285 g/mol. The Kier molecular flexibility index (Phi) is 4.27. The zero-order valence-electron chi connectivity index (χ0n) is 12.1. The number of rotatable bonds is 4. The van der Waals surface area contributed by atoms with Crippen LogP contribution in [0.5, 0.6) is 0 Å². The van der Waals surface area contributed by atoms with Gasteiger partial charge in [-0.3, -0.25) is 0 Å². The maximum Gasteiger partial charge on any atom is 0.129 e. The standard InChI is InChI=1S/C18H19ClFN/c1-21-17(18-15(19)6-3-7-16(18)20)11-12-8-9-13-4-2-5-14(13)10-12/h3,6-10,17,21H,2,4-5,11H2,1H3. The first-order valence-corrected chi connectivity index (χ1v) is 7.78. The van der Waals surface area contributed by atoms with Gasteiger partial charge in [-0.15, -0.1) is 0 Å². The fraction of sp³-hybridized carbons (Fsp3) is 0.333. The molecule has 0 spiro atoms. The molecule has 1 nitrogen and oxygen atoms in total. The number of halogens is 2. The number of hydrogen-bond donors (Lipinski definition) is 1. The van der Waals surface area contributed by atoms with E-state index in [0.717, 1.165) is 12.8 Å². The van der Waals surface area contributed by atoms with E-state index in [-0.39, 0.29) is 11.9 Å². The van der Waals surface area contributed by atoms with Crippen LogP contribution in [0.4, 0.5) is 4.39 Å². The van der Waals surface area contributed by atoms with Crippen LogP contribution in [0.25, 0.3) is 0 Å². The molecule has 0 heterocycles. The van der Waals surface area contributed by atoms with E-state index in [1.807, 2.05) is 7.05 Å². The second-order valence-electron chi connectivity index (χ2n) is 5.64. The normalized spacial score (nSPS) is 15.0. The van der Waals surface area contributed by atoms with Gasteiger partial charge in [-0.1, -0.05) is 35.9 Å². The van der Waals surface area contributed by atoms with Crippen LogP contribution in [0.1, 0.15) is 34.7 Å². The van der Waals surface area contributed by atoms with Crippen molar-refractivity contribution in [2.24, 2.45) is 0 Å². The number of likely N-dealkylation sites (N-methyl/N-ethyl adjacent to an activating group) is 1. The lowest BCUT2D eigenvalue weighted by molar-refractivity contribution is 0.534. The summed E-state index contributed by atoms with van der Waals surface area (Å²) in [6.45, 7) is 0. The first-order valence-electron chi connectivity index (χ1n) is 7.41. The molecule has 3 rings (SSSR count). The van der Waals surface area contributed by atoms with Crippen LogP contribution >= 0.6 is 11.6 Å². The minimum Gasteiger partial charge on any atom is -0.313 e. The summed E-state index contributed by atoms with van der Waals surface area (Å²) >= 11 is 6.18. The van der Waals surface area contributed by atoms with Gasteiger partial charge in [-0.2, -0.15) is 0 Å². The van der Waals surface area contributed by atoms with Crippen LogP contribution < -0.4 is 5.32 Å². The van der Waals surface area contributed by atoms with Crippen LogP contribution in [0, 0.1) is 5.82 Å². The number of nitrogens with one attached hydrogen (secondary N) is 1. The minimum absolute atomic E-state index is 0.113. The summed E-state index contributed by atoms with van der Waals surface area (Å²) in [5.74, 6) is -0.247. The van der Waals surface area contributed by atoms with E-state index in [0.29, 0.717) is 10.6 Å². The quantitative estimate of drug-likeness (QED) is 0.878. The van der Waals surface area contributed by atoms with Crippen LogP contribution in [-0.4, -0.2) is 7.05 Å². The van der Waals surface area contributed by atoms with Gasteiger partial charge in [0, 0.05) is 16.6 Å². The Hall–Kier alpha value is -1.38. The molecule has 1 aliphatic carbocycles. The van der Waals surface area contributed by atoms with Gasteiger partial charge >= 0.3 is 0 Å². The van der Waals surface area contributed by atoms with Crippen LogP contribution in [-0.2, 0) is 19.3 Å². The van der Waals surface area contributed by atoms with E-state index in [1.54, 1.807) is 12.1 Å². The summed E-state index contributed by atoms with van der Waals surface area (Å²) in [5.41, 5.74) is 4.70. The summed E-state index contributed by atoms with van der Waals surface area (Å²) in [6.07, 6.45) is 4.33. The lowest BCUT2D eigenvalue weighted by Gasteiger charge is -2.19. The van der Waals surface area contributed by atoms with Gasteiger partial charge in [0.05, 0.1) is 0 Å². The van der Waals surface area contributed by atoms with Gasteiger partial charge in [0.25, 0.3) is 0 Å². The van der Waals surface area contributed by atoms with Gasteiger partial charge in [0.15, 0.2) is 0 Å². The number of aryl methyl sites for hydroxylation is 2. The van der Waals surface area contributed by atoms with Crippen molar-refractivity contribution in [3.8, 4) is 0 Å². The largest absolute Gasteiger partial charge is 0.313 e. The lowest BCUT2D eigenvalue weighted by atomic mass is 9.96. The van der Waals surface area contributed by atoms with Crippen molar-refractivity contribution in [1.82, 2.24) is 5.32 Å². The Morgan fingerprint density at radius 2 is 2.00 bits per heavy atom. The van der Waals surface area contributed by atoms with E-state index in [9.17, 15) is 4.39 Å². The van der Waals surface area contributed by atoms with Crippen LogP contribution in [0.2, 0.25) is 5.02 Å². The average molecular weight is 304 g/mol. The molecular formula is C18H19ClFN. The van der Waals surface area contributed by atoms with Gasteiger partial charge < -0.3 is 5.32 Å². The summed E-state index contributed by atoms with van der Waals surface area (Å²) in [6, 6.07) is 11.4. The minimum atomic E-state index is -0.247. The van der Waals surface area contributed by atoms with Gasteiger partial charge in [0.2, 0.25) is 0 Å². The molecule has 0 aliphatic heterocycles. The van der Waals surface area contributed by atoms with Crippen molar-refractivity contribution >= 4 is 11.6 Å². The lowest BCUT2D eigenvalue weighted by Crippen LogP contribution is -2.20. The highest BCUT2D eigenvalue weighted by molar-refractivity contribution is 6.31. The Bertz CT molecular complexity index is 633. The molecule has 0 saturated carbocycles. The molecule has 0 amide bonds. The maximum absolute atomic E-state index is 14.1. The third-order valence-electron chi connectivity index (χ3n) is 4.30. The number of benzene rings is 2. The number of hydrogen-bond acceptors (Lipinski definition) is 1. The molecule has 110 valence electrons. The van der Waals surface area contributed by atoms with E-state index in [1.165, 1.54) is 35.6 Å². The molecule has 0 fully saturated rings. The smallest absolute Gasteiger partial charge is 0.129 e. The van der Waals surface area contributed by atoms with Crippen molar-refractivity contribution in [3.05, 3.63) is 69.5 Å². The van der Waals surface area contributed by atoms with Crippen molar-refractivity contribution in [2.45, 2.75) is 31.7 Å². The first kappa shape index (κ1) is 14.6. The highest BCUT2D eigenvalue weighted by Gasteiger charge is 2.19. The van der Waals surface area contributed by atoms with Gasteiger partial charge in [-0.25, -0.2) is 4.39 Å². The first-order chi connectivity index (χ1) is 10.2. The third kappa shape index (κ3) is 2.97. The number of fused-ring (bicyclic) bond motifs is 1. The highest BCUT2D eigenvalue weighted by atomic mass is 35.5. The Labute approximate surface area is 130 Å². The summed E-state index contributed by atoms with van der Waals surface area (Å²) in [5, 5.41) is 3.67. The van der Waals surface area contributed by atoms with E-state index >= 15 is 0 Å². The van der Waals surface area contributed by atoms with E-state index in [4.69, 9.17) is 11.6 Å². The summed E-state index contributed by atoms with van der Waals surface area (Å²) in [7, 11) is 1.85. The molecule has 2 aromatic carbocycles. The molecule has 0 aromatic heterocycles. The maximum atomic E-state index is 14.1. The zero-order valence-corrected chi connectivity index (χ0v) is 12.9. The van der Waals surface area contributed by atoms with Gasteiger partial charge in [-0.05, 0) is 61.6 Å². The van der Waals surface area contributed by atoms with E-state index < -0.39 is 0 Å². The molecule has 21 heavy (non-hydrogen) atoms. The molecule has 0 radical (unpaired) electrons. The fourth-order valence-electron chi connectivity index (χ4n) is 3.18. The predicted molar refractivity (Wildman–Crippen MR) is 85.4 cm³/mol. The molecule has 1 aliphatic rings. The van der Waals surface area contributed by atoms with Crippen molar-refractivity contribution in [1.29, 1.82) is 0 Å². The molecule has 1 atom stereocenters.